The van der Waals surface area contributed by atoms with E-state index in [1.165, 1.54) is 11.1 Å². The number of nitrogens with zero attached hydrogens (tertiary/aromatic N) is 2. The molecule has 0 saturated carbocycles. The van der Waals surface area contributed by atoms with E-state index >= 15 is 0 Å². The van der Waals surface area contributed by atoms with Crippen LogP contribution in [0.5, 0.6) is 0 Å². The number of carbonyl (C=O) groups is 1. The molecule has 1 aliphatic rings. The Morgan fingerprint density at radius 3 is 3.05 bits per heavy atom. The zero-order valence-corrected chi connectivity index (χ0v) is 12.3. The molecule has 0 atom stereocenters. The van der Waals surface area contributed by atoms with Crippen LogP contribution in [0.15, 0.2) is 30.6 Å². The van der Waals surface area contributed by atoms with Crippen LogP contribution in [-0.2, 0) is 17.6 Å². The van der Waals surface area contributed by atoms with E-state index in [4.69, 9.17) is 4.74 Å². The van der Waals surface area contributed by atoms with Crippen LogP contribution >= 0.6 is 0 Å². The monoisotopic (exact) mass is 282 g/mol. The van der Waals surface area contributed by atoms with Crippen molar-refractivity contribution in [3.05, 3.63) is 53.1 Å². The number of aryl methyl sites for hydroxylation is 1. The molecule has 1 aromatic heterocycles. The molecule has 2 heterocycles. The number of rotatable bonds is 3. The van der Waals surface area contributed by atoms with E-state index in [2.05, 4.69) is 29.3 Å². The predicted molar refractivity (Wildman–Crippen MR) is 81.6 cm³/mol. The van der Waals surface area contributed by atoms with Gasteiger partial charge in [0.25, 0.3) is 0 Å². The molecule has 0 aliphatic carbocycles. The second-order valence-corrected chi connectivity index (χ2v) is 5.02. The maximum atomic E-state index is 11.9. The van der Waals surface area contributed by atoms with Crippen LogP contribution in [0.2, 0.25) is 0 Å². The Morgan fingerprint density at radius 2 is 2.29 bits per heavy atom. The van der Waals surface area contributed by atoms with Crippen molar-refractivity contribution in [2.75, 3.05) is 6.61 Å². The molecule has 1 aliphatic heterocycles. The molecule has 0 unspecified atom stereocenters. The smallest absolute Gasteiger partial charge is 0.358 e. The van der Waals surface area contributed by atoms with Crippen LogP contribution in [0.1, 0.15) is 41.2 Å². The van der Waals surface area contributed by atoms with Gasteiger partial charge in [-0.25, -0.2) is 9.78 Å². The number of benzene rings is 1. The summed E-state index contributed by atoms with van der Waals surface area (Å²) in [4.78, 5) is 16.2. The topological polar surface area (TPSA) is 44.1 Å². The van der Waals surface area contributed by atoms with Crippen LogP contribution in [0.3, 0.4) is 0 Å². The lowest BCUT2D eigenvalue weighted by Crippen LogP contribution is -2.15. The summed E-state index contributed by atoms with van der Waals surface area (Å²) < 4.78 is 7.07. The molecule has 4 heteroatoms. The Bertz CT molecular complexity index is 714. The lowest BCUT2D eigenvalue weighted by Gasteiger charge is -2.20. The summed E-state index contributed by atoms with van der Waals surface area (Å²) in [5.41, 5.74) is 4.98. The molecule has 0 radical (unpaired) electrons. The first-order valence-electron chi connectivity index (χ1n) is 7.24. The normalized spacial score (nSPS) is 13.0. The Morgan fingerprint density at radius 1 is 1.43 bits per heavy atom. The Balaban J connectivity index is 2.02. The van der Waals surface area contributed by atoms with Gasteiger partial charge in [0.05, 0.1) is 18.0 Å². The minimum Gasteiger partial charge on any atom is -0.461 e. The van der Waals surface area contributed by atoms with Crippen LogP contribution in [0, 0.1) is 0 Å². The van der Waals surface area contributed by atoms with Crippen molar-refractivity contribution in [3.8, 4) is 5.69 Å². The zero-order chi connectivity index (χ0) is 14.8. The third-order valence-corrected chi connectivity index (χ3v) is 3.69. The zero-order valence-electron chi connectivity index (χ0n) is 12.3. The minimum atomic E-state index is -0.333. The van der Waals surface area contributed by atoms with E-state index in [1.807, 2.05) is 17.6 Å². The molecule has 0 amide bonds. The number of hydrogen-bond acceptors (Lipinski definition) is 3. The van der Waals surface area contributed by atoms with Gasteiger partial charge < -0.3 is 9.30 Å². The summed E-state index contributed by atoms with van der Waals surface area (Å²) in [5, 5.41) is 0. The minimum absolute atomic E-state index is 0.333. The van der Waals surface area contributed by atoms with Crippen molar-refractivity contribution >= 4 is 12.0 Å². The van der Waals surface area contributed by atoms with Gasteiger partial charge in [-0.05, 0) is 49.9 Å². The first-order chi connectivity index (χ1) is 10.2. The van der Waals surface area contributed by atoms with Crippen molar-refractivity contribution in [2.24, 2.45) is 0 Å². The maximum Gasteiger partial charge on any atom is 0.358 e. The van der Waals surface area contributed by atoms with Gasteiger partial charge >= 0.3 is 5.97 Å². The van der Waals surface area contributed by atoms with Gasteiger partial charge in [0.1, 0.15) is 6.33 Å². The van der Waals surface area contributed by atoms with Gasteiger partial charge in [0, 0.05) is 0 Å². The van der Waals surface area contributed by atoms with Gasteiger partial charge in [0.15, 0.2) is 5.69 Å². The highest BCUT2D eigenvalue weighted by atomic mass is 16.5. The van der Waals surface area contributed by atoms with Gasteiger partial charge in [-0.1, -0.05) is 18.2 Å². The third-order valence-electron chi connectivity index (χ3n) is 3.69. The maximum absolute atomic E-state index is 11.9. The first kappa shape index (κ1) is 13.6. The Labute approximate surface area is 124 Å². The van der Waals surface area contributed by atoms with E-state index in [0.717, 1.165) is 24.2 Å². The number of hydrogen-bond donors (Lipinski definition) is 0. The number of aromatic nitrogens is 2. The quantitative estimate of drug-likeness (QED) is 0.812. The van der Waals surface area contributed by atoms with Crippen LogP contribution in [-0.4, -0.2) is 22.1 Å². The average Bonchev–Trinajstić information content (AvgIpc) is 2.92. The summed E-state index contributed by atoms with van der Waals surface area (Å²) in [6.07, 6.45) is 7.56. The summed E-state index contributed by atoms with van der Waals surface area (Å²) in [6, 6.07) is 6.37. The number of esters is 1. The summed E-state index contributed by atoms with van der Waals surface area (Å²) in [7, 11) is 0. The van der Waals surface area contributed by atoms with Crippen molar-refractivity contribution in [1.82, 2.24) is 9.55 Å². The lowest BCUT2D eigenvalue weighted by molar-refractivity contribution is 0.0518. The molecule has 0 spiro atoms. The standard InChI is InChI=1S/C17H18N2O2/c1-3-5-12-6-8-14-13(10-12)7-9-15-16(17(20)21-4-2)18-11-19(14)15/h3,5-6,8,10-11H,4,7,9H2,1-2H3/b5-3+. The fraction of sp³-hybridized carbons (Fsp3) is 0.294. The van der Waals surface area contributed by atoms with Gasteiger partial charge in [-0.15, -0.1) is 0 Å². The van der Waals surface area contributed by atoms with E-state index in [-0.39, 0.29) is 5.97 Å². The van der Waals surface area contributed by atoms with Crippen molar-refractivity contribution in [2.45, 2.75) is 26.7 Å². The molecular weight excluding hydrogens is 264 g/mol. The molecule has 4 nitrogen and oxygen atoms in total. The molecule has 1 aromatic carbocycles. The summed E-state index contributed by atoms with van der Waals surface area (Å²) in [5.74, 6) is -0.333. The van der Waals surface area contributed by atoms with Gasteiger partial charge in [0.2, 0.25) is 0 Å². The number of ether oxygens (including phenoxy) is 1. The first-order valence-corrected chi connectivity index (χ1v) is 7.24. The predicted octanol–water partition coefficient (Wildman–Crippen LogP) is 3.18. The molecular formula is C17H18N2O2. The molecule has 108 valence electrons. The van der Waals surface area contributed by atoms with E-state index < -0.39 is 0 Å². The molecule has 0 fully saturated rings. The Kier molecular flexibility index (Phi) is 3.60. The van der Waals surface area contributed by atoms with E-state index in [0.29, 0.717) is 12.3 Å². The van der Waals surface area contributed by atoms with Crippen molar-refractivity contribution < 1.29 is 9.53 Å². The molecule has 0 N–H and O–H groups in total. The van der Waals surface area contributed by atoms with Crippen LogP contribution in [0.25, 0.3) is 11.8 Å². The highest BCUT2D eigenvalue weighted by Crippen LogP contribution is 2.28. The van der Waals surface area contributed by atoms with Crippen LogP contribution < -0.4 is 0 Å². The fourth-order valence-electron chi connectivity index (χ4n) is 2.78. The van der Waals surface area contributed by atoms with Crippen molar-refractivity contribution in [3.63, 3.8) is 0 Å². The fourth-order valence-corrected chi connectivity index (χ4v) is 2.78. The molecule has 2 aromatic rings. The second kappa shape index (κ2) is 5.56. The molecule has 3 rings (SSSR count). The van der Waals surface area contributed by atoms with E-state index in [9.17, 15) is 4.79 Å². The summed E-state index contributed by atoms with van der Waals surface area (Å²) >= 11 is 0. The summed E-state index contributed by atoms with van der Waals surface area (Å²) in [6.45, 7) is 4.19. The van der Waals surface area contributed by atoms with Crippen molar-refractivity contribution in [1.29, 1.82) is 0 Å². The lowest BCUT2D eigenvalue weighted by atomic mass is 9.98. The number of carbonyl (C=O) groups excluding carboxylic acids is 1. The molecule has 0 saturated heterocycles. The number of allylic oxidation sites excluding steroid dienone is 1. The number of fused-ring (bicyclic) bond motifs is 3. The molecule has 0 bridgehead atoms. The van der Waals surface area contributed by atoms with Gasteiger partial charge in [-0.2, -0.15) is 0 Å². The van der Waals surface area contributed by atoms with E-state index in [1.54, 1.807) is 13.3 Å². The van der Waals surface area contributed by atoms with Crippen LogP contribution in [0.4, 0.5) is 0 Å². The number of imidazole rings is 1. The largest absolute Gasteiger partial charge is 0.461 e. The second-order valence-electron chi connectivity index (χ2n) is 5.02. The van der Waals surface area contributed by atoms with Gasteiger partial charge in [-0.3, -0.25) is 0 Å². The Hall–Kier alpha value is -2.36. The molecule has 21 heavy (non-hydrogen) atoms. The highest BCUT2D eigenvalue weighted by Gasteiger charge is 2.24. The SMILES string of the molecule is C/C=C/c1ccc2c(c1)CCc1c(C(=O)OCC)ncn1-2. The average molecular weight is 282 g/mol. The highest BCUT2D eigenvalue weighted by molar-refractivity contribution is 5.89. The third kappa shape index (κ3) is 2.37.